The highest BCUT2D eigenvalue weighted by atomic mass is 35.5. The molecule has 1 N–H and O–H groups in total. The lowest BCUT2D eigenvalue weighted by atomic mass is 10.0. The number of carbonyl (C=O) groups is 1. The number of amides is 1. The molecule has 0 radical (unpaired) electrons. The average molecular weight is 696 g/mol. The number of morpholine rings is 1. The first-order valence-corrected chi connectivity index (χ1v) is 16.5. The van der Waals surface area contributed by atoms with E-state index in [2.05, 4.69) is 9.97 Å². The summed E-state index contributed by atoms with van der Waals surface area (Å²) in [5.74, 6) is -3.26. The van der Waals surface area contributed by atoms with Crippen molar-refractivity contribution in [3.8, 4) is 21.8 Å². The van der Waals surface area contributed by atoms with Crippen molar-refractivity contribution in [3.63, 3.8) is 0 Å². The molecular weight excluding hydrogens is 667 g/mol. The predicted molar refractivity (Wildman–Crippen MR) is 166 cm³/mol. The molecule has 0 spiro atoms. The Bertz CT molecular complexity index is 1920. The highest BCUT2D eigenvalue weighted by molar-refractivity contribution is 7.92. The molecule has 0 bridgehead atoms. The number of carbonyl (C=O) groups excluding carboxylic acids is 1. The van der Waals surface area contributed by atoms with Gasteiger partial charge in [0, 0.05) is 11.8 Å². The number of benzene rings is 2. The summed E-state index contributed by atoms with van der Waals surface area (Å²) in [6.45, 7) is 9.12. The van der Waals surface area contributed by atoms with Crippen molar-refractivity contribution in [1.29, 1.82) is 0 Å². The summed E-state index contributed by atoms with van der Waals surface area (Å²) in [6, 6.07) is 6.58. The smallest absolute Gasteiger partial charge is 0.411 e. The van der Waals surface area contributed by atoms with E-state index in [9.17, 15) is 22.0 Å². The molecule has 3 heterocycles. The lowest BCUT2D eigenvalue weighted by Crippen LogP contribution is -2.53. The molecule has 1 unspecified atom stereocenters. The Morgan fingerprint density at radius 2 is 1.89 bits per heavy atom. The van der Waals surface area contributed by atoms with Gasteiger partial charge < -0.3 is 9.47 Å². The van der Waals surface area contributed by atoms with Gasteiger partial charge in [-0.1, -0.05) is 6.07 Å². The number of hydrogen-bond acceptors (Lipinski definition) is 9. The van der Waals surface area contributed by atoms with Crippen LogP contribution in [-0.4, -0.2) is 58.7 Å². The van der Waals surface area contributed by atoms with E-state index >= 15 is 4.39 Å². The second-order valence-corrected chi connectivity index (χ2v) is 15.0. The Labute approximate surface area is 272 Å². The van der Waals surface area contributed by atoms with E-state index in [1.54, 1.807) is 20.8 Å². The third-order valence-electron chi connectivity index (χ3n) is 6.66. The number of ether oxygens (including phenoxy) is 2. The molecule has 1 atom stereocenters. The largest absolute Gasteiger partial charge is 0.444 e. The van der Waals surface area contributed by atoms with Gasteiger partial charge in [0.05, 0.1) is 40.7 Å². The third-order valence-corrected chi connectivity index (χ3v) is 9.40. The molecule has 0 saturated carbocycles. The van der Waals surface area contributed by atoms with E-state index < -0.39 is 61.4 Å². The molecule has 1 aliphatic rings. The minimum Gasteiger partial charge on any atom is -0.444 e. The molecule has 4 aromatic rings. The van der Waals surface area contributed by atoms with Crippen LogP contribution >= 0.6 is 22.9 Å². The van der Waals surface area contributed by atoms with Crippen LogP contribution in [-0.2, 0) is 19.5 Å². The fourth-order valence-electron chi connectivity index (χ4n) is 4.65. The fourth-order valence-corrected chi connectivity index (χ4v) is 7.10. The average Bonchev–Trinajstić information content (AvgIpc) is 3.39. The number of rotatable bonds is 6. The van der Waals surface area contributed by atoms with Crippen LogP contribution in [0.25, 0.3) is 21.8 Å². The van der Waals surface area contributed by atoms with Crippen molar-refractivity contribution in [2.24, 2.45) is 0 Å². The van der Waals surface area contributed by atoms with Crippen LogP contribution in [0, 0.1) is 17.5 Å². The van der Waals surface area contributed by atoms with E-state index in [4.69, 9.17) is 26.1 Å². The maximum Gasteiger partial charge on any atom is 0.411 e. The molecule has 46 heavy (non-hydrogen) atoms. The number of nitrogens with one attached hydrogen (secondary N) is 1. The van der Waals surface area contributed by atoms with Crippen molar-refractivity contribution < 1.29 is 35.9 Å². The summed E-state index contributed by atoms with van der Waals surface area (Å²) in [4.78, 5) is 27.1. The molecule has 0 aliphatic carbocycles. The number of aromatic nitrogens is 3. The Kier molecular flexibility index (Phi) is 9.07. The molecule has 1 fully saturated rings. The SMILES string of the molecule is CC(C)(C)OC(=O)N1CC(C)(C)OCC1c1nc(-c2cccc(NS(=O)(=O)c3cc(F)ccc3F)c2F)c(-c2ccnc(Cl)n2)s1. The van der Waals surface area contributed by atoms with Gasteiger partial charge in [-0.2, -0.15) is 0 Å². The number of sulfonamides is 1. The second-order valence-electron chi connectivity index (χ2n) is 12.0. The summed E-state index contributed by atoms with van der Waals surface area (Å²) in [5.41, 5.74) is -1.83. The summed E-state index contributed by atoms with van der Waals surface area (Å²) in [5, 5.41) is 0.268. The highest BCUT2D eigenvalue weighted by Crippen LogP contribution is 2.43. The van der Waals surface area contributed by atoms with Gasteiger partial charge in [0.1, 0.15) is 33.2 Å². The van der Waals surface area contributed by atoms with E-state index in [0.717, 1.165) is 23.5 Å². The maximum atomic E-state index is 16.2. The molecule has 10 nitrogen and oxygen atoms in total. The van der Waals surface area contributed by atoms with Crippen molar-refractivity contribution >= 4 is 44.7 Å². The number of thiazole rings is 1. The van der Waals surface area contributed by atoms with Crippen LogP contribution in [0.3, 0.4) is 0 Å². The van der Waals surface area contributed by atoms with Crippen molar-refractivity contribution in [1.82, 2.24) is 19.9 Å². The highest BCUT2D eigenvalue weighted by Gasteiger charge is 2.41. The van der Waals surface area contributed by atoms with E-state index in [1.807, 2.05) is 18.6 Å². The lowest BCUT2D eigenvalue weighted by molar-refractivity contribution is -0.114. The first-order valence-electron chi connectivity index (χ1n) is 13.8. The number of nitrogens with zero attached hydrogens (tertiary/aromatic N) is 4. The molecule has 2 aromatic carbocycles. The first-order chi connectivity index (χ1) is 21.4. The number of halogens is 4. The Morgan fingerprint density at radius 1 is 1.15 bits per heavy atom. The van der Waals surface area contributed by atoms with E-state index in [0.29, 0.717) is 22.0 Å². The minimum absolute atomic E-state index is 0.0463. The standard InChI is InChI=1S/C30H29ClF3N5O5S2/c1-29(2,3)44-28(40)39-15-30(4,5)43-14-21(39)26-37-24(25(45-26)20-11-12-35-27(31)36-20)17-7-6-8-19(23(17)34)38-46(41,42)22-13-16(32)9-10-18(22)33/h6-13,21,38H,14-15H2,1-5H3. The molecule has 1 amide bonds. The van der Waals surface area contributed by atoms with E-state index in [-0.39, 0.29) is 35.4 Å². The quantitative estimate of drug-likeness (QED) is 0.210. The van der Waals surface area contributed by atoms with Crippen LogP contribution in [0.1, 0.15) is 45.7 Å². The van der Waals surface area contributed by atoms with Gasteiger partial charge in [-0.3, -0.25) is 9.62 Å². The summed E-state index contributed by atoms with van der Waals surface area (Å²) in [7, 11) is -4.75. The minimum atomic E-state index is -4.75. The van der Waals surface area contributed by atoms with E-state index in [1.165, 1.54) is 29.3 Å². The third kappa shape index (κ3) is 7.27. The molecular formula is C30H29ClF3N5O5S2. The van der Waals surface area contributed by atoms with Crippen LogP contribution in [0.5, 0.6) is 0 Å². The van der Waals surface area contributed by atoms with Crippen LogP contribution < -0.4 is 4.72 Å². The van der Waals surface area contributed by atoms with Gasteiger partial charge in [-0.05, 0) is 82.6 Å². The second kappa shape index (κ2) is 12.4. The molecule has 1 aliphatic heterocycles. The first kappa shape index (κ1) is 33.6. The van der Waals surface area contributed by atoms with Crippen LogP contribution in [0.2, 0.25) is 5.28 Å². The molecule has 244 valence electrons. The zero-order valence-corrected chi connectivity index (χ0v) is 27.7. The van der Waals surface area contributed by atoms with Gasteiger partial charge >= 0.3 is 6.09 Å². The molecule has 16 heteroatoms. The Hall–Kier alpha value is -3.79. The monoisotopic (exact) mass is 695 g/mol. The number of anilines is 1. The Morgan fingerprint density at radius 3 is 2.59 bits per heavy atom. The topological polar surface area (TPSA) is 124 Å². The van der Waals surface area contributed by atoms with Gasteiger partial charge in [0.25, 0.3) is 10.0 Å². The van der Waals surface area contributed by atoms with Crippen LogP contribution in [0.4, 0.5) is 23.7 Å². The zero-order valence-electron chi connectivity index (χ0n) is 25.3. The molecule has 2 aromatic heterocycles. The predicted octanol–water partition coefficient (Wildman–Crippen LogP) is 7.23. The fraction of sp³-hybridized carbons (Fsp3) is 0.333. The van der Waals surface area contributed by atoms with Crippen LogP contribution in [0.15, 0.2) is 53.6 Å². The zero-order chi connectivity index (χ0) is 33.6. The van der Waals surface area contributed by atoms with Gasteiger partial charge in [-0.15, -0.1) is 11.3 Å². The van der Waals surface area contributed by atoms with Crippen molar-refractivity contribution in [2.75, 3.05) is 17.9 Å². The molecule has 1 saturated heterocycles. The van der Waals surface area contributed by atoms with Crippen molar-refractivity contribution in [2.45, 2.75) is 56.8 Å². The summed E-state index contributed by atoms with van der Waals surface area (Å²) < 4.78 is 84.0. The van der Waals surface area contributed by atoms with Gasteiger partial charge in [-0.25, -0.2) is 41.3 Å². The Balaban J connectivity index is 1.62. The number of hydrogen-bond donors (Lipinski definition) is 1. The molecule has 5 rings (SSSR count). The summed E-state index contributed by atoms with van der Waals surface area (Å²) >= 11 is 7.19. The van der Waals surface area contributed by atoms with Gasteiger partial charge in [0.2, 0.25) is 5.28 Å². The summed E-state index contributed by atoms with van der Waals surface area (Å²) in [6.07, 6.45) is 0.811. The lowest BCUT2D eigenvalue weighted by Gasteiger charge is -2.43. The maximum absolute atomic E-state index is 16.2. The van der Waals surface area contributed by atoms with Crippen molar-refractivity contribution in [3.05, 3.63) is 76.4 Å². The normalized spacial score (nSPS) is 16.7. The van der Waals surface area contributed by atoms with Gasteiger partial charge in [0.15, 0.2) is 5.82 Å².